The molecular formula is C18H22N2O3S. The van der Waals surface area contributed by atoms with Gasteiger partial charge in [-0.3, -0.25) is 4.79 Å². The van der Waals surface area contributed by atoms with E-state index in [1.807, 2.05) is 43.5 Å². The first-order chi connectivity index (χ1) is 11.6. The van der Waals surface area contributed by atoms with Crippen LogP contribution in [0.25, 0.3) is 11.5 Å². The number of carbonyl (C=O) groups is 1. The normalized spacial score (nSPS) is 16.6. The van der Waals surface area contributed by atoms with Crippen molar-refractivity contribution in [2.24, 2.45) is 0 Å². The summed E-state index contributed by atoms with van der Waals surface area (Å²) in [6, 6.07) is 9.46. The van der Waals surface area contributed by atoms with Gasteiger partial charge in [0, 0.05) is 22.8 Å². The third kappa shape index (κ3) is 3.65. The molecule has 0 aliphatic heterocycles. The number of hydrogen-bond acceptors (Lipinski definition) is 5. The number of thioether (sulfide) groups is 1. The maximum Gasteiger partial charge on any atom is 0.273 e. The van der Waals surface area contributed by atoms with E-state index in [1.165, 1.54) is 11.8 Å². The van der Waals surface area contributed by atoms with E-state index in [1.54, 1.807) is 0 Å². The quantitative estimate of drug-likeness (QED) is 0.806. The first-order valence-corrected chi connectivity index (χ1v) is 9.43. The zero-order valence-corrected chi connectivity index (χ0v) is 14.7. The van der Waals surface area contributed by atoms with E-state index in [-0.39, 0.29) is 23.8 Å². The SMILES string of the molecule is CSC(CO)C(C)NC(=O)c1nc(-c2ccccc2)oc1C1CC1. The van der Waals surface area contributed by atoms with Crippen molar-refractivity contribution in [2.75, 3.05) is 12.9 Å². The molecule has 0 saturated heterocycles. The van der Waals surface area contributed by atoms with Gasteiger partial charge in [-0.05, 0) is 38.2 Å². The molecule has 1 aromatic carbocycles. The average Bonchev–Trinajstić information content (AvgIpc) is 3.35. The lowest BCUT2D eigenvalue weighted by molar-refractivity contribution is 0.0929. The van der Waals surface area contributed by atoms with E-state index < -0.39 is 0 Å². The van der Waals surface area contributed by atoms with Crippen molar-refractivity contribution in [3.8, 4) is 11.5 Å². The van der Waals surface area contributed by atoms with Gasteiger partial charge in [0.25, 0.3) is 5.91 Å². The minimum Gasteiger partial charge on any atom is -0.440 e. The lowest BCUT2D eigenvalue weighted by Gasteiger charge is -2.20. The molecule has 6 heteroatoms. The molecule has 1 fully saturated rings. The van der Waals surface area contributed by atoms with Crippen LogP contribution < -0.4 is 5.32 Å². The van der Waals surface area contributed by atoms with E-state index in [9.17, 15) is 9.90 Å². The van der Waals surface area contributed by atoms with Gasteiger partial charge < -0.3 is 14.8 Å². The van der Waals surface area contributed by atoms with Crippen LogP contribution in [0.5, 0.6) is 0 Å². The second-order valence-corrected chi connectivity index (χ2v) is 7.17. The predicted molar refractivity (Wildman–Crippen MR) is 95.2 cm³/mol. The van der Waals surface area contributed by atoms with E-state index in [2.05, 4.69) is 10.3 Å². The highest BCUT2D eigenvalue weighted by Crippen LogP contribution is 2.43. The Morgan fingerprint density at radius 2 is 2.12 bits per heavy atom. The Morgan fingerprint density at radius 1 is 1.42 bits per heavy atom. The molecule has 1 aliphatic rings. The number of hydrogen-bond donors (Lipinski definition) is 2. The van der Waals surface area contributed by atoms with Gasteiger partial charge in [-0.2, -0.15) is 11.8 Å². The number of carbonyl (C=O) groups excluding carboxylic acids is 1. The van der Waals surface area contributed by atoms with Crippen LogP contribution in [0.3, 0.4) is 0 Å². The van der Waals surface area contributed by atoms with Crippen LogP contribution in [0.4, 0.5) is 0 Å². The highest BCUT2D eigenvalue weighted by atomic mass is 32.2. The first kappa shape index (κ1) is 17.0. The monoisotopic (exact) mass is 346 g/mol. The molecule has 1 amide bonds. The molecule has 1 aliphatic carbocycles. The van der Waals surface area contributed by atoms with Crippen LogP contribution in [0, 0.1) is 0 Å². The number of aliphatic hydroxyl groups is 1. The van der Waals surface area contributed by atoms with Crippen molar-refractivity contribution in [1.82, 2.24) is 10.3 Å². The number of rotatable bonds is 7. The number of aromatic nitrogens is 1. The second-order valence-electron chi connectivity index (χ2n) is 6.09. The van der Waals surface area contributed by atoms with Crippen molar-refractivity contribution in [3.63, 3.8) is 0 Å². The van der Waals surface area contributed by atoms with Crippen molar-refractivity contribution in [3.05, 3.63) is 41.8 Å². The Bertz CT molecular complexity index is 694. The van der Waals surface area contributed by atoms with Gasteiger partial charge >= 0.3 is 0 Å². The number of amides is 1. The Kier molecular flexibility index (Phi) is 5.26. The fourth-order valence-corrected chi connectivity index (χ4v) is 3.25. The number of oxazole rings is 1. The summed E-state index contributed by atoms with van der Waals surface area (Å²) < 4.78 is 5.91. The summed E-state index contributed by atoms with van der Waals surface area (Å²) >= 11 is 1.53. The summed E-state index contributed by atoms with van der Waals surface area (Å²) in [5, 5.41) is 12.3. The summed E-state index contributed by atoms with van der Waals surface area (Å²) in [6.07, 6.45) is 3.98. The lowest BCUT2D eigenvalue weighted by Crippen LogP contribution is -2.41. The highest BCUT2D eigenvalue weighted by Gasteiger charge is 2.34. The maximum atomic E-state index is 12.7. The van der Waals surface area contributed by atoms with Crippen molar-refractivity contribution >= 4 is 17.7 Å². The Hall–Kier alpha value is -1.79. The van der Waals surface area contributed by atoms with Gasteiger partial charge in [-0.25, -0.2) is 4.98 Å². The largest absolute Gasteiger partial charge is 0.440 e. The molecule has 2 atom stereocenters. The number of benzene rings is 1. The molecule has 1 heterocycles. The topological polar surface area (TPSA) is 75.4 Å². The standard InChI is InChI=1S/C18H22N2O3S/c1-11(14(10-21)24-2)19-17(22)15-16(12-8-9-12)23-18(20-15)13-6-4-3-5-7-13/h3-7,11-12,14,21H,8-10H2,1-2H3,(H,19,22). The number of nitrogens with one attached hydrogen (secondary N) is 1. The molecule has 0 radical (unpaired) electrons. The highest BCUT2D eigenvalue weighted by molar-refractivity contribution is 7.99. The Balaban J connectivity index is 1.84. The predicted octanol–water partition coefficient (Wildman–Crippen LogP) is 3.06. The van der Waals surface area contributed by atoms with Crippen LogP contribution in [0.2, 0.25) is 0 Å². The summed E-state index contributed by atoms with van der Waals surface area (Å²) in [5.41, 5.74) is 1.24. The van der Waals surface area contributed by atoms with Gasteiger partial charge in [0.1, 0.15) is 5.76 Å². The van der Waals surface area contributed by atoms with E-state index >= 15 is 0 Å². The van der Waals surface area contributed by atoms with Crippen molar-refractivity contribution < 1.29 is 14.3 Å². The van der Waals surface area contributed by atoms with Crippen molar-refractivity contribution in [1.29, 1.82) is 0 Å². The van der Waals surface area contributed by atoms with E-state index in [0.717, 1.165) is 18.4 Å². The fraction of sp³-hybridized carbons (Fsp3) is 0.444. The third-order valence-electron chi connectivity index (χ3n) is 4.24. The molecule has 128 valence electrons. The number of nitrogens with zero attached hydrogens (tertiary/aromatic N) is 1. The van der Waals surface area contributed by atoms with Gasteiger partial charge in [-0.15, -0.1) is 0 Å². The Labute approximate surface area is 145 Å². The summed E-state index contributed by atoms with van der Waals surface area (Å²) in [6.45, 7) is 1.91. The molecule has 0 spiro atoms. The van der Waals surface area contributed by atoms with Crippen LogP contribution >= 0.6 is 11.8 Å². The van der Waals surface area contributed by atoms with Gasteiger partial charge in [0.15, 0.2) is 5.69 Å². The molecule has 2 unspecified atom stereocenters. The van der Waals surface area contributed by atoms with Crippen LogP contribution in [-0.2, 0) is 0 Å². The molecule has 2 aromatic rings. The summed E-state index contributed by atoms with van der Waals surface area (Å²) in [4.78, 5) is 17.1. The van der Waals surface area contributed by atoms with E-state index in [0.29, 0.717) is 23.3 Å². The molecule has 24 heavy (non-hydrogen) atoms. The third-order valence-corrected chi connectivity index (χ3v) is 5.40. The summed E-state index contributed by atoms with van der Waals surface area (Å²) in [7, 11) is 0. The lowest BCUT2D eigenvalue weighted by atomic mass is 10.2. The minimum absolute atomic E-state index is 0.0200. The van der Waals surface area contributed by atoms with E-state index in [4.69, 9.17) is 4.42 Å². The molecule has 0 bridgehead atoms. The molecule has 3 rings (SSSR count). The smallest absolute Gasteiger partial charge is 0.273 e. The van der Waals surface area contributed by atoms with Crippen LogP contribution in [0.15, 0.2) is 34.7 Å². The van der Waals surface area contributed by atoms with Crippen molar-refractivity contribution in [2.45, 2.75) is 37.0 Å². The van der Waals surface area contributed by atoms with Gasteiger partial charge in [0.2, 0.25) is 5.89 Å². The molecule has 5 nitrogen and oxygen atoms in total. The zero-order chi connectivity index (χ0) is 17.1. The van der Waals surface area contributed by atoms with Gasteiger partial charge in [-0.1, -0.05) is 18.2 Å². The molecule has 2 N–H and O–H groups in total. The molecular weight excluding hydrogens is 324 g/mol. The zero-order valence-electron chi connectivity index (χ0n) is 13.9. The average molecular weight is 346 g/mol. The fourth-order valence-electron chi connectivity index (χ4n) is 2.63. The van der Waals surface area contributed by atoms with Gasteiger partial charge in [0.05, 0.1) is 6.61 Å². The first-order valence-electron chi connectivity index (χ1n) is 8.14. The second kappa shape index (κ2) is 7.40. The molecule has 1 saturated carbocycles. The number of aliphatic hydroxyl groups excluding tert-OH is 1. The maximum absolute atomic E-state index is 12.7. The molecule has 1 aromatic heterocycles. The van der Waals surface area contributed by atoms with Crippen LogP contribution in [-0.4, -0.2) is 40.2 Å². The summed E-state index contributed by atoms with van der Waals surface area (Å²) in [5.74, 6) is 1.23. The van der Waals surface area contributed by atoms with Crippen LogP contribution in [0.1, 0.15) is 41.9 Å². The minimum atomic E-state index is -0.233. The Morgan fingerprint density at radius 3 is 2.71 bits per heavy atom.